The minimum atomic E-state index is -0.489. The second-order valence-electron chi connectivity index (χ2n) is 5.41. The molecule has 0 saturated heterocycles. The van der Waals surface area contributed by atoms with E-state index in [0.717, 1.165) is 11.3 Å². The van der Waals surface area contributed by atoms with E-state index in [2.05, 4.69) is 10.4 Å². The molecular formula is C17H19N3O4. The van der Waals surface area contributed by atoms with Gasteiger partial charge in [-0.1, -0.05) is 12.1 Å². The summed E-state index contributed by atoms with van der Waals surface area (Å²) in [6.45, 7) is 2.89. The Balaban J connectivity index is 1.97. The van der Waals surface area contributed by atoms with E-state index in [1.807, 2.05) is 24.3 Å². The lowest BCUT2D eigenvalue weighted by Crippen LogP contribution is -2.34. The van der Waals surface area contributed by atoms with Gasteiger partial charge in [-0.15, -0.1) is 0 Å². The van der Waals surface area contributed by atoms with Crippen LogP contribution < -0.4 is 10.1 Å². The van der Waals surface area contributed by atoms with Crippen molar-refractivity contribution in [1.29, 1.82) is 0 Å². The van der Waals surface area contributed by atoms with Crippen LogP contribution >= 0.6 is 0 Å². The minimum absolute atomic E-state index is 0.215. The van der Waals surface area contributed by atoms with Crippen molar-refractivity contribution in [3.63, 3.8) is 0 Å². The summed E-state index contributed by atoms with van der Waals surface area (Å²) < 4.78 is 11.8. The molecule has 2 heterocycles. The zero-order valence-corrected chi connectivity index (χ0v) is 13.7. The number of hydrogen-bond donors (Lipinski definition) is 1. The van der Waals surface area contributed by atoms with Crippen molar-refractivity contribution in [3.05, 3.63) is 46.8 Å². The number of amides is 1. The Hall–Kier alpha value is -2.83. The van der Waals surface area contributed by atoms with Crippen LogP contribution in [0.3, 0.4) is 0 Å². The first-order valence-corrected chi connectivity index (χ1v) is 7.82. The molecule has 3 rings (SSSR count). The lowest BCUT2D eigenvalue weighted by atomic mass is 10.1. The van der Waals surface area contributed by atoms with Gasteiger partial charge in [-0.25, -0.2) is 4.79 Å². The van der Waals surface area contributed by atoms with Crippen molar-refractivity contribution in [2.24, 2.45) is 0 Å². The van der Waals surface area contributed by atoms with Crippen molar-refractivity contribution < 1.29 is 19.1 Å². The van der Waals surface area contributed by atoms with Crippen LogP contribution in [0, 0.1) is 0 Å². The van der Waals surface area contributed by atoms with Crippen molar-refractivity contribution in [3.8, 4) is 5.75 Å². The number of hydrogen-bond acceptors (Lipinski definition) is 5. The second-order valence-corrected chi connectivity index (χ2v) is 5.41. The summed E-state index contributed by atoms with van der Waals surface area (Å²) in [5.74, 6) is 0.0518. The van der Waals surface area contributed by atoms with Crippen LogP contribution in [0.25, 0.3) is 0 Å². The van der Waals surface area contributed by atoms with E-state index in [4.69, 9.17) is 9.47 Å². The average Bonchev–Trinajstić information content (AvgIpc) is 2.96. The third kappa shape index (κ3) is 2.97. The van der Waals surface area contributed by atoms with Gasteiger partial charge in [-0.2, -0.15) is 5.10 Å². The van der Waals surface area contributed by atoms with Gasteiger partial charge in [-0.3, -0.25) is 9.48 Å². The van der Waals surface area contributed by atoms with E-state index in [0.29, 0.717) is 30.8 Å². The second kappa shape index (κ2) is 6.74. The van der Waals surface area contributed by atoms with Crippen LogP contribution in [0.1, 0.15) is 39.0 Å². The van der Waals surface area contributed by atoms with Crippen molar-refractivity contribution in [1.82, 2.24) is 15.1 Å². The molecular weight excluding hydrogens is 310 g/mol. The van der Waals surface area contributed by atoms with Gasteiger partial charge in [0.15, 0.2) is 5.69 Å². The third-order valence-electron chi connectivity index (χ3n) is 3.89. The lowest BCUT2D eigenvalue weighted by Gasteiger charge is -2.15. The van der Waals surface area contributed by atoms with Gasteiger partial charge in [0.05, 0.1) is 20.3 Å². The van der Waals surface area contributed by atoms with Crippen LogP contribution in [-0.2, 0) is 17.7 Å². The smallest absolute Gasteiger partial charge is 0.359 e. The van der Waals surface area contributed by atoms with E-state index < -0.39 is 5.97 Å². The Labute approximate surface area is 139 Å². The fraction of sp³-hybridized carbons (Fsp3) is 0.353. The van der Waals surface area contributed by atoms with Gasteiger partial charge in [0.1, 0.15) is 11.4 Å². The standard InChI is InChI=1S/C17H19N3O4/c1-3-24-17(22)14-13-8-9-18-16(21)15(13)20(19-14)10-11-4-6-12(23-2)7-5-11/h4-7H,3,8-10H2,1-2H3,(H,18,21). The minimum Gasteiger partial charge on any atom is -0.497 e. The van der Waals surface area contributed by atoms with Crippen molar-refractivity contribution in [2.75, 3.05) is 20.3 Å². The molecule has 0 radical (unpaired) electrons. The molecule has 1 aromatic carbocycles. The van der Waals surface area contributed by atoms with Crippen LogP contribution in [0.15, 0.2) is 24.3 Å². The maximum absolute atomic E-state index is 12.2. The number of benzene rings is 1. The summed E-state index contributed by atoms with van der Waals surface area (Å²) >= 11 is 0. The van der Waals surface area contributed by atoms with Crippen LogP contribution in [0.5, 0.6) is 5.75 Å². The number of aromatic nitrogens is 2. The molecule has 1 aliphatic heterocycles. The summed E-state index contributed by atoms with van der Waals surface area (Å²) in [5, 5.41) is 7.14. The number of carbonyl (C=O) groups is 2. The molecule has 0 saturated carbocycles. The van der Waals surface area contributed by atoms with E-state index in [1.54, 1.807) is 18.7 Å². The molecule has 1 aliphatic rings. The number of nitrogens with zero attached hydrogens (tertiary/aromatic N) is 2. The highest BCUT2D eigenvalue weighted by atomic mass is 16.5. The normalized spacial score (nSPS) is 13.2. The molecule has 0 fully saturated rings. The molecule has 0 unspecified atom stereocenters. The molecule has 126 valence electrons. The summed E-state index contributed by atoms with van der Waals surface area (Å²) in [6, 6.07) is 7.49. The van der Waals surface area contributed by atoms with E-state index >= 15 is 0 Å². The van der Waals surface area contributed by atoms with Crippen molar-refractivity contribution in [2.45, 2.75) is 19.9 Å². The Bertz CT molecular complexity index is 765. The van der Waals surface area contributed by atoms with E-state index in [1.165, 1.54) is 0 Å². The molecule has 0 spiro atoms. The Morgan fingerprint density at radius 3 is 2.75 bits per heavy atom. The first kappa shape index (κ1) is 16.0. The van der Waals surface area contributed by atoms with Gasteiger partial charge in [0.25, 0.3) is 5.91 Å². The van der Waals surface area contributed by atoms with Crippen LogP contribution in [0.4, 0.5) is 0 Å². The van der Waals surface area contributed by atoms with Gasteiger partial charge in [-0.05, 0) is 31.0 Å². The Morgan fingerprint density at radius 1 is 1.33 bits per heavy atom. The highest BCUT2D eigenvalue weighted by Crippen LogP contribution is 2.21. The third-order valence-corrected chi connectivity index (χ3v) is 3.89. The Morgan fingerprint density at radius 2 is 2.08 bits per heavy atom. The molecule has 1 amide bonds. The van der Waals surface area contributed by atoms with Gasteiger partial charge in [0, 0.05) is 12.1 Å². The van der Waals surface area contributed by atoms with E-state index in [9.17, 15) is 9.59 Å². The molecule has 0 atom stereocenters. The fourth-order valence-electron chi connectivity index (χ4n) is 2.76. The quantitative estimate of drug-likeness (QED) is 0.839. The molecule has 24 heavy (non-hydrogen) atoms. The predicted octanol–water partition coefficient (Wildman–Crippen LogP) is 1.40. The zero-order valence-electron chi connectivity index (χ0n) is 13.7. The number of rotatable bonds is 5. The zero-order chi connectivity index (χ0) is 17.1. The summed E-state index contributed by atoms with van der Waals surface area (Å²) in [7, 11) is 1.61. The number of methoxy groups -OCH3 is 1. The molecule has 1 N–H and O–H groups in total. The summed E-state index contributed by atoms with van der Waals surface area (Å²) in [5.41, 5.74) is 2.27. The number of nitrogens with one attached hydrogen (secondary N) is 1. The summed E-state index contributed by atoms with van der Waals surface area (Å²) in [4.78, 5) is 24.4. The topological polar surface area (TPSA) is 82.4 Å². The molecule has 0 bridgehead atoms. The predicted molar refractivity (Wildman–Crippen MR) is 86.3 cm³/mol. The lowest BCUT2D eigenvalue weighted by molar-refractivity contribution is 0.0517. The first-order chi connectivity index (χ1) is 11.6. The molecule has 1 aromatic heterocycles. The van der Waals surface area contributed by atoms with Gasteiger partial charge < -0.3 is 14.8 Å². The molecule has 7 heteroatoms. The SMILES string of the molecule is CCOC(=O)c1nn(Cc2ccc(OC)cc2)c2c1CCNC2=O. The van der Waals surface area contributed by atoms with Crippen molar-refractivity contribution >= 4 is 11.9 Å². The maximum Gasteiger partial charge on any atom is 0.359 e. The summed E-state index contributed by atoms with van der Waals surface area (Å²) in [6.07, 6.45) is 0.567. The largest absolute Gasteiger partial charge is 0.497 e. The first-order valence-electron chi connectivity index (χ1n) is 7.82. The number of esters is 1. The highest BCUT2D eigenvalue weighted by molar-refractivity contribution is 5.99. The maximum atomic E-state index is 12.2. The number of carbonyl (C=O) groups excluding carboxylic acids is 2. The van der Waals surface area contributed by atoms with Gasteiger partial charge >= 0.3 is 5.97 Å². The molecule has 7 nitrogen and oxygen atoms in total. The Kier molecular flexibility index (Phi) is 4.50. The van der Waals surface area contributed by atoms with Gasteiger partial charge in [0.2, 0.25) is 0 Å². The average molecular weight is 329 g/mol. The highest BCUT2D eigenvalue weighted by Gasteiger charge is 2.30. The molecule has 0 aliphatic carbocycles. The number of fused-ring (bicyclic) bond motifs is 1. The van der Waals surface area contributed by atoms with Crippen LogP contribution in [0.2, 0.25) is 0 Å². The van der Waals surface area contributed by atoms with Crippen LogP contribution in [-0.4, -0.2) is 41.9 Å². The fourth-order valence-corrected chi connectivity index (χ4v) is 2.76. The number of ether oxygens (including phenoxy) is 2. The molecule has 2 aromatic rings. The van der Waals surface area contributed by atoms with E-state index in [-0.39, 0.29) is 18.2 Å². The monoisotopic (exact) mass is 329 g/mol.